The van der Waals surface area contributed by atoms with Crippen molar-refractivity contribution in [3.8, 4) is 0 Å². The van der Waals surface area contributed by atoms with Crippen LogP contribution < -0.4 is 0 Å². The van der Waals surface area contributed by atoms with Crippen LogP contribution in [0, 0.1) is 11.9 Å². The Balaban J connectivity index is 0. The first-order valence-electron chi connectivity index (χ1n) is 2.51. The summed E-state index contributed by atoms with van der Waals surface area (Å²) in [5, 5.41) is 6.89. The van der Waals surface area contributed by atoms with Gasteiger partial charge in [-0.25, -0.2) is 4.39 Å². The molecule has 0 saturated heterocycles. The van der Waals surface area contributed by atoms with Crippen LogP contribution in [0.2, 0.25) is 0 Å². The van der Waals surface area contributed by atoms with Gasteiger partial charge in [0, 0.05) is 5.82 Å². The number of carbonyl (C=O) groups is 1. The second-order valence-electron chi connectivity index (χ2n) is 1.32. The van der Waals surface area contributed by atoms with Gasteiger partial charge in [0.1, 0.15) is 0 Å². The summed E-state index contributed by atoms with van der Waals surface area (Å²) >= 11 is 0. The molecule has 0 radical (unpaired) electrons. The number of benzene rings is 1. The van der Waals surface area contributed by atoms with Crippen LogP contribution in [0.25, 0.3) is 0 Å². The summed E-state index contributed by atoms with van der Waals surface area (Å²) in [5.41, 5.74) is 0. The topological polar surface area (TPSA) is 37.3 Å². The van der Waals surface area contributed by atoms with Crippen LogP contribution in [-0.2, 0) is 27.2 Å². The van der Waals surface area contributed by atoms with Crippen molar-refractivity contribution in [3.63, 3.8) is 0 Å². The Hall–Kier alpha value is -0.640. The minimum Gasteiger partial charge on any atom is -0.483 e. The maximum atomic E-state index is 11.9. The molecule has 0 unspecified atom stereocenters. The molecular weight excluding hydrogens is 243 g/mol. The molecule has 4 heteroatoms. The van der Waals surface area contributed by atoms with Crippen molar-refractivity contribution >= 4 is 6.47 Å². The standard InChI is InChI=1S/C6H4F.CH2O2.Ag/c7-6-4-2-1-3-5-6;2-1-3;/h1-4H;1H,(H,2,3);/q-1;;+1. The Morgan fingerprint density at radius 2 is 2.09 bits per heavy atom. The van der Waals surface area contributed by atoms with Crippen LogP contribution in [0.4, 0.5) is 4.39 Å². The smallest absolute Gasteiger partial charge is 0.483 e. The third-order valence-corrected chi connectivity index (χ3v) is 0.671. The molecule has 1 N–H and O–H groups in total. The third-order valence-electron chi connectivity index (χ3n) is 0.671. The first-order valence-corrected chi connectivity index (χ1v) is 2.51. The molecule has 1 aromatic rings. The number of rotatable bonds is 0. The molecule has 64 valence electrons. The van der Waals surface area contributed by atoms with E-state index in [9.17, 15) is 4.39 Å². The van der Waals surface area contributed by atoms with Crippen molar-refractivity contribution in [3.05, 3.63) is 36.1 Å². The molecule has 1 rings (SSSR count). The van der Waals surface area contributed by atoms with Crippen LogP contribution in [-0.4, -0.2) is 11.6 Å². The van der Waals surface area contributed by atoms with E-state index in [0.29, 0.717) is 0 Å². The molecule has 1 aromatic carbocycles. The Morgan fingerprint density at radius 3 is 2.27 bits per heavy atom. The molecule has 0 aliphatic rings. The Bertz CT molecular complexity index is 179. The van der Waals surface area contributed by atoms with Gasteiger partial charge in [-0.15, -0.1) is 12.1 Å². The molecule has 0 heterocycles. The molecule has 0 aliphatic carbocycles. The molecule has 0 fully saturated rings. The minimum absolute atomic E-state index is 0. The van der Waals surface area contributed by atoms with E-state index in [4.69, 9.17) is 9.90 Å². The third kappa shape index (κ3) is 9.36. The van der Waals surface area contributed by atoms with E-state index in [-0.39, 0.29) is 34.7 Å². The van der Waals surface area contributed by atoms with Gasteiger partial charge in [-0.2, -0.15) is 18.2 Å². The van der Waals surface area contributed by atoms with Gasteiger partial charge in [-0.05, 0) is 0 Å². The van der Waals surface area contributed by atoms with Crippen LogP contribution >= 0.6 is 0 Å². The van der Waals surface area contributed by atoms with E-state index in [0.717, 1.165) is 0 Å². The van der Waals surface area contributed by atoms with E-state index in [1.807, 2.05) is 0 Å². The summed E-state index contributed by atoms with van der Waals surface area (Å²) in [6.07, 6.45) is 0. The summed E-state index contributed by atoms with van der Waals surface area (Å²) in [7, 11) is 0. The van der Waals surface area contributed by atoms with E-state index in [1.165, 1.54) is 12.1 Å². The van der Waals surface area contributed by atoms with Gasteiger partial charge in [0.05, 0.1) is 0 Å². The van der Waals surface area contributed by atoms with Gasteiger partial charge in [0.2, 0.25) is 0 Å². The molecule has 0 aromatic heterocycles. The molecule has 0 amide bonds. The summed E-state index contributed by atoms with van der Waals surface area (Å²) in [6, 6.07) is 8.62. The van der Waals surface area contributed by atoms with Crippen molar-refractivity contribution in [1.82, 2.24) is 0 Å². The Kier molecular flexibility index (Phi) is 11.1. The van der Waals surface area contributed by atoms with Crippen LogP contribution in [0.15, 0.2) is 24.3 Å². The second-order valence-corrected chi connectivity index (χ2v) is 1.32. The monoisotopic (exact) mass is 248 g/mol. The maximum Gasteiger partial charge on any atom is 1.00 e. The van der Waals surface area contributed by atoms with E-state index in [2.05, 4.69) is 6.07 Å². The molecule has 0 saturated carbocycles. The van der Waals surface area contributed by atoms with E-state index < -0.39 is 0 Å². The van der Waals surface area contributed by atoms with Crippen molar-refractivity contribution < 1.29 is 36.7 Å². The number of hydrogen-bond donors (Lipinski definition) is 1. The fraction of sp³-hybridized carbons (Fsp3) is 0. The zero-order valence-electron chi connectivity index (χ0n) is 5.42. The van der Waals surface area contributed by atoms with Gasteiger partial charge in [-0.3, -0.25) is 4.79 Å². The maximum absolute atomic E-state index is 11.9. The number of halogens is 1. The van der Waals surface area contributed by atoms with E-state index >= 15 is 0 Å². The zero-order chi connectivity index (χ0) is 7.82. The normalized spacial score (nSPS) is 6.64. The van der Waals surface area contributed by atoms with Crippen molar-refractivity contribution in [1.29, 1.82) is 0 Å². The predicted molar refractivity (Wildman–Crippen MR) is 33.9 cm³/mol. The van der Waals surface area contributed by atoms with Crippen molar-refractivity contribution in [2.75, 3.05) is 0 Å². The number of carboxylic acid groups (broad SMARTS) is 1. The van der Waals surface area contributed by atoms with Crippen molar-refractivity contribution in [2.24, 2.45) is 0 Å². The first-order chi connectivity index (χ1) is 4.81. The average Bonchev–Trinajstić information content (AvgIpc) is 1.91. The molecule has 2 nitrogen and oxygen atoms in total. The van der Waals surface area contributed by atoms with Gasteiger partial charge in [-0.1, -0.05) is 0 Å². The van der Waals surface area contributed by atoms with Gasteiger partial charge >= 0.3 is 22.4 Å². The summed E-state index contributed by atoms with van der Waals surface area (Å²) in [4.78, 5) is 8.36. The fourth-order valence-corrected chi connectivity index (χ4v) is 0.371. The minimum atomic E-state index is -0.303. The first kappa shape index (κ1) is 13.0. The van der Waals surface area contributed by atoms with Gasteiger partial charge in [0.15, 0.2) is 0 Å². The van der Waals surface area contributed by atoms with Gasteiger partial charge in [0.25, 0.3) is 6.47 Å². The van der Waals surface area contributed by atoms with E-state index in [1.54, 1.807) is 12.1 Å². The molecule has 0 aliphatic heterocycles. The Morgan fingerprint density at radius 1 is 1.55 bits per heavy atom. The zero-order valence-corrected chi connectivity index (χ0v) is 6.90. The largest absolute Gasteiger partial charge is 1.00 e. The fourth-order valence-electron chi connectivity index (χ4n) is 0.371. The summed E-state index contributed by atoms with van der Waals surface area (Å²) < 4.78 is 11.9. The second kappa shape index (κ2) is 9.36. The quantitative estimate of drug-likeness (QED) is 0.427. The van der Waals surface area contributed by atoms with Gasteiger partial charge < -0.3 is 5.11 Å². The van der Waals surface area contributed by atoms with Crippen LogP contribution in [0.1, 0.15) is 0 Å². The Labute approximate surface area is 79.6 Å². The molecule has 0 bridgehead atoms. The van der Waals surface area contributed by atoms with Crippen molar-refractivity contribution in [2.45, 2.75) is 0 Å². The molecule has 11 heavy (non-hydrogen) atoms. The summed E-state index contributed by atoms with van der Waals surface area (Å²) in [6.45, 7) is -0.250. The van der Waals surface area contributed by atoms with Crippen LogP contribution in [0.3, 0.4) is 0 Å². The average molecular weight is 249 g/mol. The van der Waals surface area contributed by atoms with Crippen LogP contribution in [0.5, 0.6) is 0 Å². The molecular formula is C7H6AgFO2. The molecule has 0 spiro atoms. The molecule has 0 atom stereocenters. The predicted octanol–water partition coefficient (Wildman–Crippen LogP) is 1.32. The SMILES string of the molecule is Fc1[c-]cccc1.O=CO.[Ag+]. The summed E-state index contributed by atoms with van der Waals surface area (Å²) in [5.74, 6) is -0.303. The number of hydrogen-bond acceptors (Lipinski definition) is 1.